The Morgan fingerprint density at radius 2 is 2.15 bits per heavy atom. The highest BCUT2D eigenvalue weighted by atomic mass is 32.3. The van der Waals surface area contributed by atoms with E-state index in [4.69, 9.17) is 5.73 Å². The highest BCUT2D eigenvalue weighted by Gasteiger charge is 2.26. The Bertz CT molecular complexity index is 338. The van der Waals surface area contributed by atoms with Crippen LogP contribution in [0.3, 0.4) is 0 Å². The van der Waals surface area contributed by atoms with Gasteiger partial charge in [0, 0.05) is 12.3 Å². The summed E-state index contributed by atoms with van der Waals surface area (Å²) in [5.41, 5.74) is 7.59. The van der Waals surface area contributed by atoms with Gasteiger partial charge in [-0.2, -0.15) is 10.6 Å². The van der Waals surface area contributed by atoms with Crippen LogP contribution in [-0.4, -0.2) is 14.9 Å². The van der Waals surface area contributed by atoms with E-state index in [1.807, 2.05) is 12.1 Å². The van der Waals surface area contributed by atoms with E-state index < -0.39 is 10.6 Å². The third kappa shape index (κ3) is 1.46. The molecule has 0 aliphatic carbocycles. The summed E-state index contributed by atoms with van der Waals surface area (Å²) in [7, 11) is -2.47. The molecule has 3 nitrogen and oxygen atoms in total. The van der Waals surface area contributed by atoms with Gasteiger partial charge in [-0.15, -0.1) is 0 Å². The molecule has 13 heavy (non-hydrogen) atoms. The van der Waals surface area contributed by atoms with Gasteiger partial charge in [-0.3, -0.25) is 9.11 Å². The van der Waals surface area contributed by atoms with E-state index in [1.165, 1.54) is 0 Å². The number of rotatable bonds is 1. The number of benzene rings is 1. The van der Waals surface area contributed by atoms with E-state index >= 15 is 0 Å². The van der Waals surface area contributed by atoms with Crippen LogP contribution in [0.1, 0.15) is 11.1 Å². The Morgan fingerprint density at radius 3 is 2.85 bits per heavy atom. The summed E-state index contributed by atoms with van der Waals surface area (Å²) in [6.45, 7) is 0.506. The van der Waals surface area contributed by atoms with Gasteiger partial charge < -0.3 is 5.73 Å². The van der Waals surface area contributed by atoms with Crippen LogP contribution >= 0.6 is 10.6 Å². The SMILES string of the molecule is NCc1ccc2c(c1)CCS2(O)O. The molecule has 0 saturated heterocycles. The fraction of sp³-hybridized carbons (Fsp3) is 0.333. The summed E-state index contributed by atoms with van der Waals surface area (Å²) in [5, 5.41) is 0. The Kier molecular flexibility index (Phi) is 2.08. The monoisotopic (exact) mass is 199 g/mol. The van der Waals surface area contributed by atoms with E-state index in [0.717, 1.165) is 17.5 Å². The molecule has 0 spiro atoms. The zero-order valence-corrected chi connectivity index (χ0v) is 8.05. The maximum atomic E-state index is 9.62. The van der Waals surface area contributed by atoms with Crippen LogP contribution in [-0.2, 0) is 13.0 Å². The predicted molar refractivity (Wildman–Crippen MR) is 54.0 cm³/mol. The van der Waals surface area contributed by atoms with Gasteiger partial charge in [0.05, 0.1) is 4.90 Å². The van der Waals surface area contributed by atoms with Gasteiger partial charge in [-0.1, -0.05) is 12.1 Å². The Hall–Kier alpha value is -0.550. The van der Waals surface area contributed by atoms with Crippen LogP contribution in [0.25, 0.3) is 0 Å². The summed E-state index contributed by atoms with van der Waals surface area (Å²) in [4.78, 5) is 0.713. The molecule has 0 saturated carbocycles. The molecule has 0 bridgehead atoms. The zero-order chi connectivity index (χ0) is 9.47. The molecular weight excluding hydrogens is 186 g/mol. The van der Waals surface area contributed by atoms with Crippen LogP contribution in [0, 0.1) is 0 Å². The first-order valence-corrected chi connectivity index (χ1v) is 5.93. The summed E-state index contributed by atoms with van der Waals surface area (Å²) in [6, 6.07) is 5.62. The summed E-state index contributed by atoms with van der Waals surface area (Å²) < 4.78 is 19.2. The number of aryl methyl sites for hydroxylation is 1. The smallest absolute Gasteiger partial charge is 0.0616 e. The largest absolute Gasteiger partial charge is 0.326 e. The lowest BCUT2D eigenvalue weighted by Gasteiger charge is -2.27. The first-order chi connectivity index (χ1) is 6.13. The zero-order valence-electron chi connectivity index (χ0n) is 7.23. The summed E-state index contributed by atoms with van der Waals surface area (Å²) in [6.07, 6.45) is 0.755. The third-order valence-electron chi connectivity index (χ3n) is 2.37. The molecule has 0 aromatic heterocycles. The van der Waals surface area contributed by atoms with Crippen molar-refractivity contribution >= 4 is 10.6 Å². The molecule has 0 fully saturated rings. The minimum absolute atomic E-state index is 0.469. The molecule has 1 aliphatic rings. The molecule has 72 valence electrons. The minimum Gasteiger partial charge on any atom is -0.326 e. The van der Waals surface area contributed by atoms with E-state index in [9.17, 15) is 9.11 Å². The predicted octanol–water partition coefficient (Wildman–Crippen LogP) is 1.81. The molecule has 1 aliphatic heterocycles. The second-order valence-electron chi connectivity index (χ2n) is 3.27. The van der Waals surface area contributed by atoms with Crippen molar-refractivity contribution in [3.05, 3.63) is 29.3 Å². The van der Waals surface area contributed by atoms with Crippen molar-refractivity contribution in [2.24, 2.45) is 5.73 Å². The first-order valence-electron chi connectivity index (χ1n) is 4.21. The van der Waals surface area contributed by atoms with Gasteiger partial charge in [0.15, 0.2) is 0 Å². The molecule has 0 unspecified atom stereocenters. The number of hydrogen-bond acceptors (Lipinski definition) is 3. The molecule has 1 aromatic rings. The van der Waals surface area contributed by atoms with Crippen molar-refractivity contribution in [3.8, 4) is 0 Å². The average Bonchev–Trinajstić information content (AvgIpc) is 2.42. The van der Waals surface area contributed by atoms with E-state index in [2.05, 4.69) is 0 Å². The van der Waals surface area contributed by atoms with Gasteiger partial charge >= 0.3 is 0 Å². The lowest BCUT2D eigenvalue weighted by Crippen LogP contribution is -1.98. The van der Waals surface area contributed by atoms with Crippen LogP contribution in [0.5, 0.6) is 0 Å². The van der Waals surface area contributed by atoms with Crippen LogP contribution < -0.4 is 5.73 Å². The van der Waals surface area contributed by atoms with Crippen LogP contribution in [0.4, 0.5) is 0 Å². The molecule has 0 amide bonds. The van der Waals surface area contributed by atoms with Crippen LogP contribution in [0.2, 0.25) is 0 Å². The standard InChI is InChI=1S/C9H13NO2S/c10-6-7-1-2-9-8(5-7)3-4-13(9,11)12/h1-2,5,11-12H,3-4,6,10H2. The number of nitrogens with two attached hydrogens (primary N) is 1. The minimum atomic E-state index is -2.47. The molecule has 0 radical (unpaired) electrons. The molecule has 1 aromatic carbocycles. The van der Waals surface area contributed by atoms with Crippen molar-refractivity contribution in [3.63, 3.8) is 0 Å². The Balaban J connectivity index is 2.46. The number of fused-ring (bicyclic) bond motifs is 1. The second-order valence-corrected chi connectivity index (χ2v) is 5.45. The Morgan fingerprint density at radius 1 is 1.38 bits per heavy atom. The molecule has 2 rings (SSSR count). The lowest BCUT2D eigenvalue weighted by atomic mass is 10.1. The van der Waals surface area contributed by atoms with Gasteiger partial charge in [0.1, 0.15) is 0 Å². The van der Waals surface area contributed by atoms with Gasteiger partial charge in [0.2, 0.25) is 0 Å². The molecule has 4 heteroatoms. The summed E-state index contributed by atoms with van der Waals surface area (Å²) >= 11 is 0. The van der Waals surface area contributed by atoms with Gasteiger partial charge in [0.25, 0.3) is 0 Å². The first kappa shape index (κ1) is 9.02. The topological polar surface area (TPSA) is 66.5 Å². The van der Waals surface area contributed by atoms with E-state index in [1.54, 1.807) is 6.07 Å². The maximum Gasteiger partial charge on any atom is 0.0616 e. The fourth-order valence-electron chi connectivity index (χ4n) is 1.64. The third-order valence-corrected chi connectivity index (χ3v) is 4.24. The molecule has 0 atom stereocenters. The highest BCUT2D eigenvalue weighted by molar-refractivity contribution is 8.24. The van der Waals surface area contributed by atoms with E-state index in [-0.39, 0.29) is 0 Å². The second kappa shape index (κ2) is 2.99. The normalized spacial score (nSPS) is 21.2. The Labute approximate surface area is 78.9 Å². The van der Waals surface area contributed by atoms with Crippen molar-refractivity contribution < 1.29 is 9.11 Å². The van der Waals surface area contributed by atoms with E-state index in [0.29, 0.717) is 17.2 Å². The molecule has 1 heterocycles. The maximum absolute atomic E-state index is 9.62. The van der Waals surface area contributed by atoms with Crippen molar-refractivity contribution in [2.75, 3.05) is 5.75 Å². The quantitative estimate of drug-likeness (QED) is 0.646. The van der Waals surface area contributed by atoms with Crippen molar-refractivity contribution in [1.29, 1.82) is 0 Å². The average molecular weight is 199 g/mol. The van der Waals surface area contributed by atoms with Crippen molar-refractivity contribution in [2.45, 2.75) is 17.9 Å². The van der Waals surface area contributed by atoms with Crippen molar-refractivity contribution in [1.82, 2.24) is 0 Å². The molecular formula is C9H13NO2S. The highest BCUT2D eigenvalue weighted by Crippen LogP contribution is 2.54. The van der Waals surface area contributed by atoms with Gasteiger partial charge in [-0.05, 0) is 23.6 Å². The lowest BCUT2D eigenvalue weighted by molar-refractivity contribution is 0.492. The summed E-state index contributed by atoms with van der Waals surface area (Å²) in [5.74, 6) is 0.469. The number of hydrogen-bond donors (Lipinski definition) is 3. The fourth-order valence-corrected chi connectivity index (χ4v) is 3.23. The molecule has 4 N–H and O–H groups in total. The van der Waals surface area contributed by atoms with Crippen LogP contribution in [0.15, 0.2) is 23.1 Å². The van der Waals surface area contributed by atoms with Gasteiger partial charge in [-0.25, -0.2) is 0 Å².